The molecule has 0 aliphatic heterocycles. The van der Waals surface area contributed by atoms with Crippen molar-refractivity contribution in [3.05, 3.63) is 0 Å². The van der Waals surface area contributed by atoms with E-state index in [2.05, 4.69) is 5.32 Å². The normalized spacial score (nSPS) is 14.5. The van der Waals surface area contributed by atoms with Gasteiger partial charge in [0.1, 0.15) is 18.1 Å². The molecule has 0 aliphatic carbocycles. The second kappa shape index (κ2) is 13.0. The summed E-state index contributed by atoms with van der Waals surface area (Å²) in [5.41, 5.74) is 15.5. The molecule has 0 spiro atoms. The van der Waals surface area contributed by atoms with Crippen molar-refractivity contribution in [2.75, 3.05) is 13.2 Å². The van der Waals surface area contributed by atoms with Gasteiger partial charge in [-0.15, -0.1) is 0 Å². The van der Waals surface area contributed by atoms with Gasteiger partial charge in [-0.25, -0.2) is 4.79 Å². The van der Waals surface area contributed by atoms with E-state index in [4.69, 9.17) is 27.4 Å². The third-order valence-corrected chi connectivity index (χ3v) is 3.69. The minimum Gasteiger partial charge on any atom is -0.480 e. The van der Waals surface area contributed by atoms with Crippen LogP contribution in [0.2, 0.25) is 0 Å². The number of primary amides is 2. The van der Waals surface area contributed by atoms with Crippen LogP contribution in [0.15, 0.2) is 0 Å². The number of aliphatic hydroxyl groups is 2. The van der Waals surface area contributed by atoms with Crippen LogP contribution in [0.5, 0.6) is 0 Å². The van der Waals surface area contributed by atoms with E-state index in [1.54, 1.807) is 0 Å². The van der Waals surface area contributed by atoms with Crippen LogP contribution >= 0.6 is 0 Å². The number of hydrogen-bond donors (Lipinski definition) is 9. The van der Waals surface area contributed by atoms with E-state index in [1.165, 1.54) is 0 Å². The Kier molecular flexibility index (Phi) is 11.6. The number of aliphatic hydroxyl groups excluding tert-OH is 2. The highest BCUT2D eigenvalue weighted by Gasteiger charge is 2.30. The number of rotatable bonds is 14. The van der Waals surface area contributed by atoms with Crippen molar-refractivity contribution >= 4 is 35.5 Å². The highest BCUT2D eigenvalue weighted by Crippen LogP contribution is 1.99. The van der Waals surface area contributed by atoms with Crippen molar-refractivity contribution < 1.29 is 44.1 Å². The maximum atomic E-state index is 12.3. The van der Waals surface area contributed by atoms with Gasteiger partial charge in [0.25, 0.3) is 0 Å². The van der Waals surface area contributed by atoms with Gasteiger partial charge in [-0.2, -0.15) is 0 Å². The molecule has 15 nitrogen and oxygen atoms in total. The zero-order valence-electron chi connectivity index (χ0n) is 15.9. The minimum absolute atomic E-state index is 0.120. The van der Waals surface area contributed by atoms with Crippen LogP contribution in [-0.2, 0) is 28.8 Å². The topological polar surface area (TPSA) is 277 Å². The molecule has 4 atom stereocenters. The molecule has 12 N–H and O–H groups in total. The molecule has 0 saturated heterocycles. The molecule has 5 amide bonds. The largest absolute Gasteiger partial charge is 0.480 e. The Balaban J connectivity index is 5.14. The predicted molar refractivity (Wildman–Crippen MR) is 97.8 cm³/mol. The number of carbonyl (C=O) groups is 6. The fourth-order valence-corrected chi connectivity index (χ4v) is 2.04. The number of carboxylic acids is 1. The van der Waals surface area contributed by atoms with Crippen molar-refractivity contribution in [3.8, 4) is 0 Å². The molecule has 0 heterocycles. The highest BCUT2D eigenvalue weighted by molar-refractivity contribution is 5.96. The average Bonchev–Trinajstić information content (AvgIpc) is 2.66. The molecule has 0 rings (SSSR count). The number of nitrogens with two attached hydrogens (primary N) is 3. The molecular weight excluding hydrogens is 408 g/mol. The lowest BCUT2D eigenvalue weighted by molar-refractivity contribution is -0.143. The molecule has 0 aromatic heterocycles. The Morgan fingerprint density at radius 3 is 1.63 bits per heavy atom. The molecule has 0 saturated carbocycles. The van der Waals surface area contributed by atoms with Gasteiger partial charge < -0.3 is 48.5 Å². The third kappa shape index (κ3) is 9.76. The summed E-state index contributed by atoms with van der Waals surface area (Å²) in [4.78, 5) is 69.2. The maximum absolute atomic E-state index is 12.3. The van der Waals surface area contributed by atoms with Crippen molar-refractivity contribution in [1.29, 1.82) is 0 Å². The fourth-order valence-electron chi connectivity index (χ4n) is 2.04. The quantitative estimate of drug-likeness (QED) is 0.125. The van der Waals surface area contributed by atoms with Gasteiger partial charge in [-0.05, 0) is 6.42 Å². The summed E-state index contributed by atoms with van der Waals surface area (Å²) in [6, 6.07) is -6.17. The molecule has 0 radical (unpaired) electrons. The van der Waals surface area contributed by atoms with E-state index in [-0.39, 0.29) is 12.8 Å². The van der Waals surface area contributed by atoms with Gasteiger partial charge in [-0.1, -0.05) is 0 Å². The van der Waals surface area contributed by atoms with E-state index in [9.17, 15) is 33.9 Å². The van der Waals surface area contributed by atoms with Crippen molar-refractivity contribution in [3.63, 3.8) is 0 Å². The molecule has 0 aromatic carbocycles. The minimum atomic E-state index is -1.71. The lowest BCUT2D eigenvalue weighted by atomic mass is 10.1. The summed E-state index contributed by atoms with van der Waals surface area (Å²) in [7, 11) is 0. The summed E-state index contributed by atoms with van der Waals surface area (Å²) < 4.78 is 0. The summed E-state index contributed by atoms with van der Waals surface area (Å²) in [5, 5.41) is 33.2. The van der Waals surface area contributed by atoms with E-state index in [0.717, 1.165) is 0 Å². The fraction of sp³-hybridized carbons (Fsp3) is 0.600. The summed E-state index contributed by atoms with van der Waals surface area (Å²) in [6.07, 6.45) is -1.05. The Labute approximate surface area is 170 Å². The molecule has 0 fully saturated rings. The van der Waals surface area contributed by atoms with E-state index in [0.29, 0.717) is 0 Å². The standard InChI is InChI=1S/C15H26N6O9/c16-6(1-2-10(17)24)12(26)20-8(4-22)14(28)19-7(3-11(18)25)13(27)21-9(5-23)15(29)30/h6-9,22-23H,1-5,16H2,(H2,17,24)(H2,18,25)(H,19,28)(H,20,26)(H,21,27)(H,29,30). The number of carboxylic acid groups (broad SMARTS) is 1. The third-order valence-electron chi connectivity index (χ3n) is 3.69. The lowest BCUT2D eigenvalue weighted by Gasteiger charge is -2.23. The van der Waals surface area contributed by atoms with Crippen LogP contribution in [0.4, 0.5) is 0 Å². The number of nitrogens with one attached hydrogen (secondary N) is 3. The van der Waals surface area contributed by atoms with Crippen LogP contribution < -0.4 is 33.2 Å². The van der Waals surface area contributed by atoms with E-state index >= 15 is 0 Å². The first-order valence-corrected chi connectivity index (χ1v) is 8.60. The first kappa shape index (κ1) is 26.7. The Morgan fingerprint density at radius 2 is 1.20 bits per heavy atom. The number of amides is 5. The predicted octanol–water partition coefficient (Wildman–Crippen LogP) is -6.02. The molecule has 0 aliphatic rings. The lowest BCUT2D eigenvalue weighted by Crippen LogP contribution is -2.59. The molecule has 0 aromatic rings. The summed E-state index contributed by atoms with van der Waals surface area (Å²) in [5.74, 6) is -6.44. The van der Waals surface area contributed by atoms with Crippen LogP contribution in [0.1, 0.15) is 19.3 Å². The second-order valence-electron chi connectivity index (χ2n) is 6.17. The van der Waals surface area contributed by atoms with E-state index < -0.39 is 79.3 Å². The smallest absolute Gasteiger partial charge is 0.328 e. The van der Waals surface area contributed by atoms with Gasteiger partial charge >= 0.3 is 5.97 Å². The van der Waals surface area contributed by atoms with Crippen LogP contribution in [0.25, 0.3) is 0 Å². The van der Waals surface area contributed by atoms with Crippen LogP contribution in [0.3, 0.4) is 0 Å². The second-order valence-corrected chi connectivity index (χ2v) is 6.17. The van der Waals surface area contributed by atoms with Crippen LogP contribution in [0, 0.1) is 0 Å². The molecule has 15 heteroatoms. The Hall–Kier alpha value is -3.30. The van der Waals surface area contributed by atoms with Crippen molar-refractivity contribution in [2.24, 2.45) is 17.2 Å². The first-order valence-electron chi connectivity index (χ1n) is 8.60. The molecule has 30 heavy (non-hydrogen) atoms. The summed E-state index contributed by atoms with van der Waals surface area (Å²) in [6.45, 7) is -1.88. The van der Waals surface area contributed by atoms with Gasteiger partial charge in [0, 0.05) is 6.42 Å². The molecule has 170 valence electrons. The van der Waals surface area contributed by atoms with Crippen LogP contribution in [-0.4, -0.2) is 88.2 Å². The SMILES string of the molecule is NC(=O)CCC(N)C(=O)NC(CO)C(=O)NC(CC(N)=O)C(=O)NC(CO)C(=O)O. The zero-order valence-corrected chi connectivity index (χ0v) is 15.9. The van der Waals surface area contributed by atoms with Gasteiger partial charge in [0.15, 0.2) is 0 Å². The van der Waals surface area contributed by atoms with Gasteiger partial charge in [0.05, 0.1) is 25.7 Å². The molecular formula is C15H26N6O9. The molecule has 0 bridgehead atoms. The Bertz CT molecular complexity index is 671. The van der Waals surface area contributed by atoms with Crippen molar-refractivity contribution in [2.45, 2.75) is 43.4 Å². The van der Waals surface area contributed by atoms with Gasteiger partial charge in [0.2, 0.25) is 29.5 Å². The Morgan fingerprint density at radius 1 is 0.733 bits per heavy atom. The average molecular weight is 434 g/mol. The monoisotopic (exact) mass is 434 g/mol. The number of hydrogen-bond acceptors (Lipinski definition) is 9. The first-order chi connectivity index (χ1) is 13.9. The van der Waals surface area contributed by atoms with Crippen molar-refractivity contribution in [1.82, 2.24) is 16.0 Å². The number of aliphatic carboxylic acids is 1. The number of carbonyl (C=O) groups excluding carboxylic acids is 5. The van der Waals surface area contributed by atoms with Gasteiger partial charge in [-0.3, -0.25) is 24.0 Å². The highest BCUT2D eigenvalue weighted by atomic mass is 16.4. The maximum Gasteiger partial charge on any atom is 0.328 e. The van der Waals surface area contributed by atoms with E-state index in [1.807, 2.05) is 10.6 Å². The zero-order chi connectivity index (χ0) is 23.4. The molecule has 4 unspecified atom stereocenters. The summed E-state index contributed by atoms with van der Waals surface area (Å²) >= 11 is 0.